The van der Waals surface area contributed by atoms with E-state index >= 15 is 0 Å². The monoisotopic (exact) mass is 404 g/mol. The Labute approximate surface area is 175 Å². The highest BCUT2D eigenvalue weighted by atomic mass is 19.1. The van der Waals surface area contributed by atoms with E-state index in [2.05, 4.69) is 5.32 Å². The van der Waals surface area contributed by atoms with E-state index in [1.807, 2.05) is 42.5 Å². The van der Waals surface area contributed by atoms with Gasteiger partial charge < -0.3 is 10.2 Å². The van der Waals surface area contributed by atoms with Crippen LogP contribution >= 0.6 is 0 Å². The molecular weight excluding hydrogens is 379 g/mol. The van der Waals surface area contributed by atoms with E-state index in [1.165, 1.54) is 12.1 Å². The molecule has 4 nitrogen and oxygen atoms in total. The van der Waals surface area contributed by atoms with Crippen molar-refractivity contribution < 1.29 is 14.0 Å². The van der Waals surface area contributed by atoms with Crippen molar-refractivity contribution in [2.75, 3.05) is 19.6 Å². The Kier molecular flexibility index (Phi) is 6.07. The Bertz CT molecular complexity index is 1050. The van der Waals surface area contributed by atoms with Crippen LogP contribution < -0.4 is 5.32 Å². The maximum atomic E-state index is 13.9. The van der Waals surface area contributed by atoms with E-state index < -0.39 is 5.82 Å². The molecule has 0 unspecified atom stereocenters. The number of fused-ring (bicyclic) bond motifs is 1. The topological polar surface area (TPSA) is 49.4 Å². The van der Waals surface area contributed by atoms with Crippen LogP contribution in [0.15, 0.2) is 66.7 Å². The van der Waals surface area contributed by atoms with E-state index in [0.29, 0.717) is 32.0 Å². The van der Waals surface area contributed by atoms with Crippen molar-refractivity contribution in [1.29, 1.82) is 0 Å². The van der Waals surface area contributed by atoms with Gasteiger partial charge in [-0.05, 0) is 47.2 Å². The lowest BCUT2D eigenvalue weighted by molar-refractivity contribution is -0.120. The molecule has 1 aliphatic heterocycles. The van der Waals surface area contributed by atoms with Crippen LogP contribution in [-0.4, -0.2) is 36.3 Å². The van der Waals surface area contributed by atoms with Gasteiger partial charge in [0.05, 0.1) is 12.0 Å². The molecule has 0 atom stereocenters. The number of carbonyl (C=O) groups excluding carboxylic acids is 2. The molecule has 1 N–H and O–H groups in total. The number of hydrogen-bond acceptors (Lipinski definition) is 2. The van der Waals surface area contributed by atoms with Crippen LogP contribution in [0.1, 0.15) is 28.8 Å². The van der Waals surface area contributed by atoms with Gasteiger partial charge in [0, 0.05) is 19.6 Å². The van der Waals surface area contributed by atoms with Crippen LogP contribution in [0.2, 0.25) is 0 Å². The molecule has 1 heterocycles. The fourth-order valence-electron chi connectivity index (χ4n) is 4.09. The molecule has 1 aliphatic rings. The fourth-order valence-corrected chi connectivity index (χ4v) is 4.09. The molecule has 30 heavy (non-hydrogen) atoms. The standard InChI is InChI=1S/C25H25FN2O2/c26-23-11-4-3-10-22(23)25(30)28-14-12-18(13-15-28)17-27-24(29)16-20-8-5-7-19-6-1-2-9-21(19)20/h1-11,18H,12-17H2,(H,27,29). The quantitative estimate of drug-likeness (QED) is 0.693. The minimum absolute atomic E-state index is 0.0104. The summed E-state index contributed by atoms with van der Waals surface area (Å²) in [7, 11) is 0. The Balaban J connectivity index is 1.27. The van der Waals surface area contributed by atoms with Crippen LogP contribution in [0.3, 0.4) is 0 Å². The Morgan fingerprint density at radius 1 is 0.933 bits per heavy atom. The van der Waals surface area contributed by atoms with Gasteiger partial charge >= 0.3 is 0 Å². The zero-order valence-corrected chi connectivity index (χ0v) is 16.8. The molecule has 1 fully saturated rings. The van der Waals surface area contributed by atoms with Gasteiger partial charge in [-0.3, -0.25) is 9.59 Å². The van der Waals surface area contributed by atoms with E-state index in [9.17, 15) is 14.0 Å². The second kappa shape index (κ2) is 9.08. The summed E-state index contributed by atoms with van der Waals surface area (Å²) in [6.07, 6.45) is 1.95. The van der Waals surface area contributed by atoms with Crippen molar-refractivity contribution in [3.8, 4) is 0 Å². The number of hydrogen-bond donors (Lipinski definition) is 1. The van der Waals surface area contributed by atoms with Gasteiger partial charge in [-0.2, -0.15) is 0 Å². The summed E-state index contributed by atoms with van der Waals surface area (Å²) in [5.74, 6) is -0.404. The summed E-state index contributed by atoms with van der Waals surface area (Å²) in [5, 5.41) is 5.29. The van der Waals surface area contributed by atoms with E-state index in [-0.39, 0.29) is 17.4 Å². The number of nitrogens with one attached hydrogen (secondary N) is 1. The number of piperidine rings is 1. The number of nitrogens with zero attached hydrogens (tertiary/aromatic N) is 1. The van der Waals surface area contributed by atoms with E-state index in [0.717, 1.165) is 29.2 Å². The number of benzene rings is 3. The zero-order chi connectivity index (χ0) is 20.9. The zero-order valence-electron chi connectivity index (χ0n) is 16.8. The smallest absolute Gasteiger partial charge is 0.256 e. The minimum atomic E-state index is -0.481. The van der Waals surface area contributed by atoms with Gasteiger partial charge in [0.15, 0.2) is 0 Å². The third kappa shape index (κ3) is 4.51. The average Bonchev–Trinajstić information content (AvgIpc) is 2.78. The van der Waals surface area contributed by atoms with Crippen LogP contribution in [0.25, 0.3) is 10.8 Å². The Hall–Kier alpha value is -3.21. The summed E-state index contributed by atoms with van der Waals surface area (Å²) in [5.41, 5.74) is 1.15. The molecule has 0 spiro atoms. The Morgan fingerprint density at radius 3 is 2.43 bits per heavy atom. The second-order valence-electron chi connectivity index (χ2n) is 7.83. The predicted molar refractivity (Wildman–Crippen MR) is 116 cm³/mol. The third-order valence-corrected chi connectivity index (χ3v) is 5.82. The number of rotatable bonds is 5. The van der Waals surface area contributed by atoms with Crippen LogP contribution in [0.5, 0.6) is 0 Å². The number of likely N-dealkylation sites (tertiary alicyclic amines) is 1. The molecule has 0 aliphatic carbocycles. The second-order valence-corrected chi connectivity index (χ2v) is 7.83. The van der Waals surface area contributed by atoms with Gasteiger partial charge in [-0.25, -0.2) is 4.39 Å². The number of carbonyl (C=O) groups is 2. The summed E-state index contributed by atoms with van der Waals surface area (Å²) in [6, 6.07) is 20.2. The van der Waals surface area contributed by atoms with Crippen molar-refractivity contribution in [2.24, 2.45) is 5.92 Å². The predicted octanol–water partition coefficient (Wildman–Crippen LogP) is 4.19. The highest BCUT2D eigenvalue weighted by molar-refractivity contribution is 5.94. The molecule has 0 radical (unpaired) electrons. The molecule has 3 aromatic carbocycles. The molecule has 1 saturated heterocycles. The van der Waals surface area contributed by atoms with Crippen molar-refractivity contribution in [3.05, 3.63) is 83.7 Å². The highest BCUT2D eigenvalue weighted by Crippen LogP contribution is 2.21. The van der Waals surface area contributed by atoms with Crippen molar-refractivity contribution in [3.63, 3.8) is 0 Å². The van der Waals surface area contributed by atoms with Crippen molar-refractivity contribution in [2.45, 2.75) is 19.3 Å². The summed E-state index contributed by atoms with van der Waals surface area (Å²) >= 11 is 0. The van der Waals surface area contributed by atoms with E-state index in [4.69, 9.17) is 0 Å². The SMILES string of the molecule is O=C(Cc1cccc2ccccc12)NCC1CCN(C(=O)c2ccccc2F)CC1. The average molecular weight is 404 g/mol. The lowest BCUT2D eigenvalue weighted by Crippen LogP contribution is -2.42. The van der Waals surface area contributed by atoms with Gasteiger partial charge in [-0.15, -0.1) is 0 Å². The minimum Gasteiger partial charge on any atom is -0.356 e. The first kappa shape index (κ1) is 20.1. The largest absolute Gasteiger partial charge is 0.356 e. The normalized spacial score (nSPS) is 14.6. The van der Waals surface area contributed by atoms with Crippen molar-refractivity contribution in [1.82, 2.24) is 10.2 Å². The van der Waals surface area contributed by atoms with Crippen LogP contribution in [-0.2, 0) is 11.2 Å². The van der Waals surface area contributed by atoms with Crippen LogP contribution in [0.4, 0.5) is 4.39 Å². The molecule has 0 bridgehead atoms. The molecular formula is C25H25FN2O2. The maximum Gasteiger partial charge on any atom is 0.256 e. The molecule has 154 valence electrons. The van der Waals surface area contributed by atoms with Crippen LogP contribution in [0, 0.1) is 11.7 Å². The third-order valence-electron chi connectivity index (χ3n) is 5.82. The van der Waals surface area contributed by atoms with E-state index in [1.54, 1.807) is 17.0 Å². The highest BCUT2D eigenvalue weighted by Gasteiger charge is 2.25. The van der Waals surface area contributed by atoms with Gasteiger partial charge in [-0.1, -0.05) is 54.6 Å². The molecule has 0 aromatic heterocycles. The first-order chi connectivity index (χ1) is 14.6. The van der Waals surface area contributed by atoms with Gasteiger partial charge in [0.25, 0.3) is 5.91 Å². The molecule has 2 amide bonds. The fraction of sp³-hybridized carbons (Fsp3) is 0.280. The number of amides is 2. The van der Waals surface area contributed by atoms with Gasteiger partial charge in [0.2, 0.25) is 5.91 Å². The first-order valence-electron chi connectivity index (χ1n) is 10.4. The summed E-state index contributed by atoms with van der Waals surface area (Å²) < 4.78 is 13.9. The Morgan fingerprint density at radius 2 is 1.63 bits per heavy atom. The lowest BCUT2D eigenvalue weighted by Gasteiger charge is -2.32. The summed E-state index contributed by atoms with van der Waals surface area (Å²) in [4.78, 5) is 26.7. The van der Waals surface area contributed by atoms with Gasteiger partial charge in [0.1, 0.15) is 5.82 Å². The molecule has 0 saturated carbocycles. The first-order valence-corrected chi connectivity index (χ1v) is 10.4. The summed E-state index contributed by atoms with van der Waals surface area (Å²) in [6.45, 7) is 1.76. The van der Waals surface area contributed by atoms with Crippen molar-refractivity contribution >= 4 is 22.6 Å². The lowest BCUT2D eigenvalue weighted by atomic mass is 9.96. The molecule has 3 aromatic rings. The maximum absolute atomic E-state index is 13.9. The molecule has 5 heteroatoms. The molecule has 4 rings (SSSR count). The number of halogens is 1.